The molecular formula is C19H19FN2O2S. The monoisotopic (exact) mass is 358 g/mol. The van der Waals surface area contributed by atoms with E-state index in [2.05, 4.69) is 0 Å². The second kappa shape index (κ2) is 6.52. The Balaban J connectivity index is 2.04. The molecule has 1 aliphatic heterocycles. The number of carbonyl (C=O) groups is 2. The maximum atomic E-state index is 14.2. The summed E-state index contributed by atoms with van der Waals surface area (Å²) in [6.07, 6.45) is 1.72. The van der Waals surface area contributed by atoms with Gasteiger partial charge in [-0.25, -0.2) is 4.39 Å². The summed E-state index contributed by atoms with van der Waals surface area (Å²) in [6.45, 7) is 7.38. The molecule has 4 nitrogen and oxygen atoms in total. The van der Waals surface area contributed by atoms with E-state index < -0.39 is 0 Å². The third kappa shape index (κ3) is 3.02. The van der Waals surface area contributed by atoms with Crippen LogP contribution in [0.4, 0.5) is 9.18 Å². The molecule has 6 heteroatoms. The van der Waals surface area contributed by atoms with Crippen LogP contribution in [0.3, 0.4) is 0 Å². The minimum Gasteiger partial charge on any atom is -0.315 e. The van der Waals surface area contributed by atoms with Crippen molar-refractivity contribution in [2.75, 3.05) is 0 Å². The van der Waals surface area contributed by atoms with Gasteiger partial charge >= 0.3 is 0 Å². The third-order valence-electron chi connectivity index (χ3n) is 4.19. The Morgan fingerprint density at radius 3 is 2.44 bits per heavy atom. The molecule has 1 aliphatic rings. The molecule has 2 aromatic rings. The molecular weight excluding hydrogens is 339 g/mol. The number of aromatic nitrogens is 1. The van der Waals surface area contributed by atoms with E-state index in [4.69, 9.17) is 0 Å². The van der Waals surface area contributed by atoms with Gasteiger partial charge in [0.1, 0.15) is 5.82 Å². The molecule has 2 heterocycles. The van der Waals surface area contributed by atoms with Crippen LogP contribution in [-0.4, -0.2) is 26.7 Å². The highest BCUT2D eigenvalue weighted by molar-refractivity contribution is 8.18. The maximum absolute atomic E-state index is 14.2. The molecule has 25 heavy (non-hydrogen) atoms. The lowest BCUT2D eigenvalue weighted by molar-refractivity contribution is -0.123. The molecule has 0 aliphatic carbocycles. The second-order valence-electron chi connectivity index (χ2n) is 6.26. The number of rotatable bonds is 3. The predicted molar refractivity (Wildman–Crippen MR) is 98.1 cm³/mol. The van der Waals surface area contributed by atoms with Crippen LogP contribution in [0.1, 0.15) is 30.8 Å². The summed E-state index contributed by atoms with van der Waals surface area (Å²) < 4.78 is 16.0. The molecule has 0 spiro atoms. The van der Waals surface area contributed by atoms with Crippen molar-refractivity contribution in [3.8, 4) is 5.69 Å². The molecule has 1 aromatic heterocycles. The largest absolute Gasteiger partial charge is 0.315 e. The van der Waals surface area contributed by atoms with E-state index in [9.17, 15) is 14.0 Å². The van der Waals surface area contributed by atoms with Gasteiger partial charge in [-0.2, -0.15) is 0 Å². The Labute approximate surface area is 150 Å². The van der Waals surface area contributed by atoms with Crippen molar-refractivity contribution in [1.82, 2.24) is 9.47 Å². The lowest BCUT2D eigenvalue weighted by Crippen LogP contribution is -2.34. The molecule has 130 valence electrons. The first-order chi connectivity index (χ1) is 11.8. The molecule has 1 saturated heterocycles. The zero-order chi connectivity index (χ0) is 18.3. The summed E-state index contributed by atoms with van der Waals surface area (Å²) in [5.74, 6) is -0.586. The minimum atomic E-state index is -0.309. The number of thioether (sulfide) groups is 1. The first-order valence-electron chi connectivity index (χ1n) is 8.02. The van der Waals surface area contributed by atoms with Gasteiger partial charge in [-0.15, -0.1) is 0 Å². The van der Waals surface area contributed by atoms with Crippen LogP contribution in [0.5, 0.6) is 0 Å². The lowest BCUT2D eigenvalue weighted by atomic mass is 10.2. The molecule has 0 unspecified atom stereocenters. The van der Waals surface area contributed by atoms with Gasteiger partial charge in [0.2, 0.25) is 0 Å². The zero-order valence-corrected chi connectivity index (χ0v) is 15.4. The molecule has 1 aromatic carbocycles. The van der Waals surface area contributed by atoms with Crippen LogP contribution in [-0.2, 0) is 4.79 Å². The number of carbonyl (C=O) groups excluding carboxylic acids is 2. The van der Waals surface area contributed by atoms with E-state index >= 15 is 0 Å². The molecule has 0 atom stereocenters. The van der Waals surface area contributed by atoms with Crippen LogP contribution >= 0.6 is 11.8 Å². The van der Waals surface area contributed by atoms with E-state index in [0.29, 0.717) is 10.6 Å². The molecule has 3 rings (SSSR count). The van der Waals surface area contributed by atoms with Crippen molar-refractivity contribution < 1.29 is 14.0 Å². The van der Waals surface area contributed by atoms with E-state index in [-0.39, 0.29) is 23.0 Å². The van der Waals surface area contributed by atoms with E-state index in [0.717, 1.165) is 28.7 Å². The lowest BCUT2D eigenvalue weighted by Gasteiger charge is -2.16. The van der Waals surface area contributed by atoms with Gasteiger partial charge in [0, 0.05) is 17.4 Å². The predicted octanol–water partition coefficient (Wildman–Crippen LogP) is 4.68. The topological polar surface area (TPSA) is 42.3 Å². The average molecular weight is 358 g/mol. The van der Waals surface area contributed by atoms with Gasteiger partial charge in [-0.05, 0) is 69.3 Å². The van der Waals surface area contributed by atoms with Gasteiger partial charge in [-0.1, -0.05) is 12.1 Å². The molecule has 0 bridgehead atoms. The number of benzene rings is 1. The first-order valence-corrected chi connectivity index (χ1v) is 8.83. The van der Waals surface area contributed by atoms with Crippen molar-refractivity contribution in [2.24, 2.45) is 0 Å². The van der Waals surface area contributed by atoms with E-state index in [1.165, 1.54) is 11.0 Å². The fourth-order valence-electron chi connectivity index (χ4n) is 3.00. The smallest absolute Gasteiger partial charge is 0.293 e. The number of halogens is 1. The number of nitrogens with zero attached hydrogens (tertiary/aromatic N) is 2. The summed E-state index contributed by atoms with van der Waals surface area (Å²) in [7, 11) is 0. The highest BCUT2D eigenvalue weighted by Gasteiger charge is 2.36. The standard InChI is InChI=1S/C19H19FN2O2S/c1-11(2)21-18(23)17(25-19(21)24)10-14-9-12(3)22(13(14)4)16-8-6-5-7-15(16)20/h5-11H,1-4H3/b17-10+. The molecule has 0 saturated carbocycles. The first kappa shape index (κ1) is 17.5. The fraction of sp³-hybridized carbons (Fsp3) is 0.263. The van der Waals surface area contributed by atoms with Crippen LogP contribution < -0.4 is 0 Å². The molecule has 0 N–H and O–H groups in total. The minimum absolute atomic E-state index is 0.177. The highest BCUT2D eigenvalue weighted by Crippen LogP contribution is 2.34. The Hall–Kier alpha value is -2.34. The molecule has 1 fully saturated rings. The maximum Gasteiger partial charge on any atom is 0.293 e. The van der Waals surface area contributed by atoms with Crippen molar-refractivity contribution >= 4 is 29.0 Å². The number of aryl methyl sites for hydroxylation is 1. The van der Waals surface area contributed by atoms with Crippen LogP contribution in [0.25, 0.3) is 11.8 Å². The van der Waals surface area contributed by atoms with Crippen LogP contribution in [0.15, 0.2) is 35.2 Å². The van der Waals surface area contributed by atoms with Gasteiger partial charge in [0.05, 0.1) is 10.6 Å². The number of imide groups is 1. The number of amides is 2. The molecule has 2 amide bonds. The van der Waals surface area contributed by atoms with Gasteiger partial charge in [0.25, 0.3) is 11.1 Å². The quantitative estimate of drug-likeness (QED) is 0.748. The van der Waals surface area contributed by atoms with Gasteiger partial charge in [-0.3, -0.25) is 14.5 Å². The normalized spacial score (nSPS) is 16.6. The Kier molecular flexibility index (Phi) is 4.56. The van der Waals surface area contributed by atoms with Gasteiger partial charge in [0.15, 0.2) is 0 Å². The van der Waals surface area contributed by atoms with E-state index in [1.807, 2.05) is 38.3 Å². The fourth-order valence-corrected chi connectivity index (χ4v) is 3.96. The number of hydrogen-bond donors (Lipinski definition) is 0. The Bertz CT molecular complexity index is 899. The summed E-state index contributed by atoms with van der Waals surface area (Å²) in [5, 5.41) is -0.255. The molecule has 0 radical (unpaired) electrons. The summed E-state index contributed by atoms with van der Waals surface area (Å²) in [4.78, 5) is 26.1. The average Bonchev–Trinajstić information content (AvgIpc) is 2.97. The van der Waals surface area contributed by atoms with E-state index in [1.54, 1.807) is 24.3 Å². The van der Waals surface area contributed by atoms with Crippen molar-refractivity contribution in [2.45, 2.75) is 33.7 Å². The second-order valence-corrected chi connectivity index (χ2v) is 7.25. The number of hydrogen-bond acceptors (Lipinski definition) is 3. The van der Waals surface area contributed by atoms with Crippen molar-refractivity contribution in [1.29, 1.82) is 0 Å². The van der Waals surface area contributed by atoms with Crippen LogP contribution in [0.2, 0.25) is 0 Å². The third-order valence-corrected chi connectivity index (χ3v) is 5.07. The SMILES string of the molecule is Cc1cc(/C=C2/SC(=O)N(C(C)C)C2=O)c(C)n1-c1ccccc1F. The summed E-state index contributed by atoms with van der Waals surface area (Å²) >= 11 is 0.943. The van der Waals surface area contributed by atoms with Crippen molar-refractivity contribution in [3.05, 3.63) is 58.0 Å². The summed E-state index contributed by atoms with van der Waals surface area (Å²) in [6, 6.07) is 8.28. The van der Waals surface area contributed by atoms with Gasteiger partial charge < -0.3 is 4.57 Å². The van der Waals surface area contributed by atoms with Crippen LogP contribution in [0, 0.1) is 19.7 Å². The highest BCUT2D eigenvalue weighted by atomic mass is 32.2. The Morgan fingerprint density at radius 2 is 1.84 bits per heavy atom. The number of para-hydroxylation sites is 1. The zero-order valence-electron chi connectivity index (χ0n) is 14.5. The Morgan fingerprint density at radius 1 is 1.16 bits per heavy atom. The van der Waals surface area contributed by atoms with Crippen molar-refractivity contribution in [3.63, 3.8) is 0 Å². The summed E-state index contributed by atoms with van der Waals surface area (Å²) in [5.41, 5.74) is 2.94.